The molecule has 0 aliphatic heterocycles. The van der Waals surface area contributed by atoms with Gasteiger partial charge in [0.1, 0.15) is 5.78 Å². The van der Waals surface area contributed by atoms with Crippen LogP contribution in [0.4, 0.5) is 0 Å². The number of rotatable bonds is 2. The Morgan fingerprint density at radius 1 is 1.31 bits per heavy atom. The van der Waals surface area contributed by atoms with Crippen LogP contribution in [0.25, 0.3) is 0 Å². The van der Waals surface area contributed by atoms with E-state index in [2.05, 4.69) is 0 Å². The van der Waals surface area contributed by atoms with Crippen LogP contribution < -0.4 is 0 Å². The first-order valence-corrected chi connectivity index (χ1v) is 5.21. The Bertz CT molecular complexity index is 245. The summed E-state index contributed by atoms with van der Waals surface area (Å²) in [7, 11) is 0. The number of nitriles is 1. The minimum Gasteiger partial charge on any atom is -0.298 e. The fourth-order valence-corrected chi connectivity index (χ4v) is 2.98. The zero-order valence-corrected chi connectivity index (χ0v) is 7.83. The van der Waals surface area contributed by atoms with Gasteiger partial charge in [-0.3, -0.25) is 4.79 Å². The number of carbonyl (C=O) groups is 1. The molecule has 2 heteroatoms. The molecule has 0 radical (unpaired) electrons. The molecule has 0 aromatic carbocycles. The summed E-state index contributed by atoms with van der Waals surface area (Å²) in [5, 5.41) is 8.47. The molecular formula is C11H15NO. The Kier molecular flexibility index (Phi) is 2.35. The van der Waals surface area contributed by atoms with E-state index in [4.69, 9.17) is 5.26 Å². The zero-order valence-electron chi connectivity index (χ0n) is 7.83. The second-order valence-corrected chi connectivity index (χ2v) is 4.42. The molecule has 1 atom stereocenters. The van der Waals surface area contributed by atoms with Crippen LogP contribution in [0.1, 0.15) is 38.5 Å². The third kappa shape index (κ3) is 1.60. The first-order chi connectivity index (χ1) is 6.31. The quantitative estimate of drug-likeness (QED) is 0.649. The Hall–Kier alpha value is -0.840. The van der Waals surface area contributed by atoms with E-state index < -0.39 is 0 Å². The van der Waals surface area contributed by atoms with E-state index in [-0.39, 0.29) is 18.1 Å². The van der Waals surface area contributed by atoms with E-state index in [0.29, 0.717) is 5.92 Å². The second-order valence-electron chi connectivity index (χ2n) is 4.42. The van der Waals surface area contributed by atoms with Crippen LogP contribution in [-0.2, 0) is 4.79 Å². The van der Waals surface area contributed by atoms with E-state index in [1.54, 1.807) is 0 Å². The number of hydrogen-bond acceptors (Lipinski definition) is 2. The maximum Gasteiger partial charge on any atom is 0.150 e. The normalized spacial score (nSPS) is 37.0. The van der Waals surface area contributed by atoms with Crippen molar-refractivity contribution in [2.45, 2.75) is 38.5 Å². The molecule has 1 unspecified atom stereocenters. The van der Waals surface area contributed by atoms with Crippen LogP contribution in [0.2, 0.25) is 0 Å². The lowest BCUT2D eigenvalue weighted by atomic mass is 9.63. The average molecular weight is 177 g/mol. The molecule has 0 amide bonds. The van der Waals surface area contributed by atoms with Crippen molar-refractivity contribution in [2.24, 2.45) is 17.8 Å². The van der Waals surface area contributed by atoms with Crippen molar-refractivity contribution in [3.63, 3.8) is 0 Å². The molecule has 3 rings (SSSR count). The maximum atomic E-state index is 11.6. The van der Waals surface area contributed by atoms with E-state index in [1.807, 2.05) is 6.07 Å². The van der Waals surface area contributed by atoms with Crippen LogP contribution in [0.15, 0.2) is 0 Å². The lowest BCUT2D eigenvalue weighted by molar-refractivity contribution is -0.126. The number of hydrogen-bond donors (Lipinski definition) is 0. The van der Waals surface area contributed by atoms with Gasteiger partial charge in [0.05, 0.1) is 12.5 Å². The summed E-state index contributed by atoms with van der Waals surface area (Å²) in [5.41, 5.74) is 0. The second kappa shape index (κ2) is 3.49. The van der Waals surface area contributed by atoms with Gasteiger partial charge in [0.15, 0.2) is 0 Å². The largest absolute Gasteiger partial charge is 0.298 e. The molecule has 3 fully saturated rings. The molecule has 0 heterocycles. The molecule has 70 valence electrons. The van der Waals surface area contributed by atoms with Gasteiger partial charge in [-0.1, -0.05) is 12.8 Å². The van der Waals surface area contributed by atoms with Gasteiger partial charge in [-0.05, 0) is 31.1 Å². The highest BCUT2D eigenvalue weighted by Crippen LogP contribution is 2.45. The van der Waals surface area contributed by atoms with Gasteiger partial charge >= 0.3 is 0 Å². The van der Waals surface area contributed by atoms with Gasteiger partial charge in [0.25, 0.3) is 0 Å². The Balaban J connectivity index is 2.01. The predicted molar refractivity (Wildman–Crippen MR) is 48.8 cm³/mol. The van der Waals surface area contributed by atoms with Gasteiger partial charge in [-0.25, -0.2) is 0 Å². The van der Waals surface area contributed by atoms with Crippen molar-refractivity contribution >= 4 is 5.78 Å². The summed E-state index contributed by atoms with van der Waals surface area (Å²) in [6.07, 6.45) is 6.31. The molecule has 2 bridgehead atoms. The van der Waals surface area contributed by atoms with Crippen molar-refractivity contribution in [1.29, 1.82) is 5.26 Å². The molecule has 0 aromatic heterocycles. The van der Waals surface area contributed by atoms with Crippen LogP contribution in [0, 0.1) is 29.1 Å². The molecule has 0 aromatic rings. The zero-order chi connectivity index (χ0) is 9.26. The number of fused-ring (bicyclic) bond motifs is 3. The van der Waals surface area contributed by atoms with Crippen LogP contribution in [0.5, 0.6) is 0 Å². The number of Topliss-reactive ketones (excluding diaryl/α,β-unsaturated/α-hetero) is 1. The third-order valence-corrected chi connectivity index (χ3v) is 3.71. The molecule has 3 aliphatic rings. The summed E-state index contributed by atoms with van der Waals surface area (Å²) in [6, 6.07) is 1.97. The summed E-state index contributed by atoms with van der Waals surface area (Å²) < 4.78 is 0. The lowest BCUT2D eigenvalue weighted by Gasteiger charge is -2.41. The molecule has 0 saturated heterocycles. The summed E-state index contributed by atoms with van der Waals surface area (Å²) >= 11 is 0. The minimum absolute atomic E-state index is 0.133. The number of carbonyl (C=O) groups excluding carboxylic acids is 1. The van der Waals surface area contributed by atoms with Gasteiger partial charge in [-0.2, -0.15) is 5.26 Å². The first-order valence-electron chi connectivity index (χ1n) is 5.21. The first kappa shape index (κ1) is 8.74. The van der Waals surface area contributed by atoms with Crippen molar-refractivity contribution in [2.75, 3.05) is 0 Å². The van der Waals surface area contributed by atoms with E-state index in [0.717, 1.165) is 12.3 Å². The van der Waals surface area contributed by atoms with Gasteiger partial charge in [0.2, 0.25) is 0 Å². The van der Waals surface area contributed by atoms with Crippen molar-refractivity contribution < 1.29 is 4.79 Å². The number of nitrogens with zero attached hydrogens (tertiary/aromatic N) is 1. The van der Waals surface area contributed by atoms with Crippen molar-refractivity contribution in [3.05, 3.63) is 0 Å². The molecule has 0 spiro atoms. The molecule has 2 nitrogen and oxygen atoms in total. The molecule has 3 saturated carbocycles. The average Bonchev–Trinajstić information content (AvgIpc) is 2.20. The summed E-state index contributed by atoms with van der Waals surface area (Å²) in [5.74, 6) is 1.85. The number of ketones is 1. The van der Waals surface area contributed by atoms with Crippen LogP contribution in [0.3, 0.4) is 0 Å². The Morgan fingerprint density at radius 3 is 2.46 bits per heavy atom. The van der Waals surface area contributed by atoms with E-state index >= 15 is 0 Å². The van der Waals surface area contributed by atoms with E-state index in [1.165, 1.54) is 25.7 Å². The van der Waals surface area contributed by atoms with Gasteiger partial charge in [-0.15, -0.1) is 0 Å². The molecule has 13 heavy (non-hydrogen) atoms. The SMILES string of the molecule is N#CCC(=O)C1CC2CCC1CC2. The van der Waals surface area contributed by atoms with Crippen molar-refractivity contribution in [3.8, 4) is 6.07 Å². The van der Waals surface area contributed by atoms with E-state index in [9.17, 15) is 4.79 Å². The standard InChI is InChI=1S/C11H15NO/c12-6-5-11(13)10-7-8-1-3-9(10)4-2-8/h8-10H,1-5,7H2. The lowest BCUT2D eigenvalue weighted by Crippen LogP contribution is -2.35. The summed E-state index contributed by atoms with van der Waals surface area (Å²) in [6.45, 7) is 0. The molecular weight excluding hydrogens is 162 g/mol. The summed E-state index contributed by atoms with van der Waals surface area (Å²) in [4.78, 5) is 11.6. The molecule has 0 N–H and O–H groups in total. The van der Waals surface area contributed by atoms with Gasteiger partial charge in [0, 0.05) is 5.92 Å². The maximum absolute atomic E-state index is 11.6. The van der Waals surface area contributed by atoms with Crippen LogP contribution >= 0.6 is 0 Å². The Labute approximate surface area is 78.9 Å². The van der Waals surface area contributed by atoms with Gasteiger partial charge < -0.3 is 0 Å². The third-order valence-electron chi connectivity index (χ3n) is 3.71. The monoisotopic (exact) mass is 177 g/mol. The highest BCUT2D eigenvalue weighted by atomic mass is 16.1. The smallest absolute Gasteiger partial charge is 0.150 e. The fraction of sp³-hybridized carbons (Fsp3) is 0.818. The topological polar surface area (TPSA) is 40.9 Å². The van der Waals surface area contributed by atoms with Crippen LogP contribution in [-0.4, -0.2) is 5.78 Å². The fourth-order valence-electron chi connectivity index (χ4n) is 2.98. The minimum atomic E-state index is 0.133. The predicted octanol–water partition coefficient (Wildman–Crippen LogP) is 2.30. The molecule has 3 aliphatic carbocycles. The van der Waals surface area contributed by atoms with Crippen molar-refractivity contribution in [1.82, 2.24) is 0 Å². The highest BCUT2D eigenvalue weighted by Gasteiger charge is 2.38. The highest BCUT2D eigenvalue weighted by molar-refractivity contribution is 5.83. The Morgan fingerprint density at radius 2 is 2.00 bits per heavy atom.